The van der Waals surface area contributed by atoms with Gasteiger partial charge in [0.15, 0.2) is 0 Å². The zero-order valence-electron chi connectivity index (χ0n) is 15.9. The van der Waals surface area contributed by atoms with E-state index in [1.54, 1.807) is 29.8 Å². The van der Waals surface area contributed by atoms with Crippen LogP contribution in [0.2, 0.25) is 5.02 Å². The van der Waals surface area contributed by atoms with Crippen LogP contribution in [0.4, 0.5) is 0 Å². The highest BCUT2D eigenvalue weighted by atomic mass is 35.5. The molecule has 142 valence electrons. The summed E-state index contributed by atoms with van der Waals surface area (Å²) in [6, 6.07) is 9.19. The number of carboxylic acids is 1. The fourth-order valence-corrected chi connectivity index (χ4v) is 3.81. The first-order valence-corrected chi connectivity index (χ1v) is 9.39. The fourth-order valence-electron chi connectivity index (χ4n) is 3.55. The van der Waals surface area contributed by atoms with Gasteiger partial charge in [-0.3, -0.25) is 0 Å². The van der Waals surface area contributed by atoms with Crippen molar-refractivity contribution < 1.29 is 14.6 Å². The van der Waals surface area contributed by atoms with Crippen LogP contribution in [0, 0.1) is 6.92 Å². The molecule has 0 spiro atoms. The van der Waals surface area contributed by atoms with Gasteiger partial charge in [-0.2, -0.15) is 5.10 Å². The summed E-state index contributed by atoms with van der Waals surface area (Å²) in [5.74, 6) is -0.0251. The Hall–Kier alpha value is -2.53. The van der Waals surface area contributed by atoms with E-state index >= 15 is 0 Å². The average Bonchev–Trinajstić information content (AvgIpc) is 3.02. The zero-order valence-corrected chi connectivity index (χ0v) is 16.7. The molecular formula is C21H23ClN2O3. The Morgan fingerprint density at radius 2 is 1.96 bits per heavy atom. The molecule has 0 atom stereocenters. The van der Waals surface area contributed by atoms with E-state index in [2.05, 4.69) is 25.0 Å². The third-order valence-electron chi connectivity index (χ3n) is 5.04. The summed E-state index contributed by atoms with van der Waals surface area (Å²) in [7, 11) is 1.56. The molecule has 0 unspecified atom stereocenters. The number of fused-ring (bicyclic) bond motifs is 1. The Morgan fingerprint density at radius 3 is 2.52 bits per heavy atom. The van der Waals surface area contributed by atoms with Gasteiger partial charge in [-0.25, -0.2) is 9.31 Å². The third kappa shape index (κ3) is 3.39. The Bertz CT molecular complexity index is 1010. The predicted octanol–water partition coefficient (Wildman–Crippen LogP) is 5.57. The van der Waals surface area contributed by atoms with Gasteiger partial charge in [-0.15, -0.1) is 0 Å². The number of halogens is 1. The van der Waals surface area contributed by atoms with Gasteiger partial charge < -0.3 is 9.84 Å². The minimum absolute atomic E-state index is 0.165. The molecular weight excluding hydrogens is 364 g/mol. The van der Waals surface area contributed by atoms with Crippen LogP contribution in [0.1, 0.15) is 54.2 Å². The Balaban J connectivity index is 2.30. The number of ether oxygens (including phenoxy) is 1. The summed E-state index contributed by atoms with van der Waals surface area (Å²) in [5, 5.41) is 14.9. The van der Waals surface area contributed by atoms with Gasteiger partial charge in [0.1, 0.15) is 17.0 Å². The third-order valence-corrected chi connectivity index (χ3v) is 5.35. The van der Waals surface area contributed by atoms with Gasteiger partial charge in [-0.1, -0.05) is 25.4 Å². The van der Waals surface area contributed by atoms with E-state index in [4.69, 9.17) is 16.3 Å². The number of hydrogen-bond acceptors (Lipinski definition) is 3. The Kier molecular flexibility index (Phi) is 5.42. The number of nitrogens with zero attached hydrogens (tertiary/aromatic N) is 2. The van der Waals surface area contributed by atoms with Crippen LogP contribution in [-0.2, 0) is 0 Å². The monoisotopic (exact) mass is 386 g/mol. The molecule has 0 saturated carbocycles. The smallest absolute Gasteiger partial charge is 0.340 e. The summed E-state index contributed by atoms with van der Waals surface area (Å²) in [5.41, 5.74) is 3.72. The fraction of sp³-hybridized carbons (Fsp3) is 0.333. The van der Waals surface area contributed by atoms with E-state index in [0.29, 0.717) is 33.5 Å². The van der Waals surface area contributed by atoms with Crippen LogP contribution in [0.5, 0.6) is 5.75 Å². The maximum Gasteiger partial charge on any atom is 0.340 e. The standard InChI is InChI=1S/C21H23ClN2O3/c1-5-13(6-2)14-9-12(3)24-18(10-14)19(21(25)26)20(23-24)16-8-7-15(27-4)11-17(16)22/h7-11,13H,5-6H2,1-4H3,(H,25,26). The number of aromatic carboxylic acids is 1. The van der Waals surface area contributed by atoms with E-state index in [0.717, 1.165) is 24.1 Å². The van der Waals surface area contributed by atoms with Crippen molar-refractivity contribution in [1.82, 2.24) is 9.61 Å². The molecule has 0 aliphatic carbocycles. The largest absolute Gasteiger partial charge is 0.497 e. The first-order chi connectivity index (χ1) is 12.9. The molecule has 2 aromatic heterocycles. The van der Waals surface area contributed by atoms with Crippen molar-refractivity contribution >= 4 is 23.1 Å². The van der Waals surface area contributed by atoms with Crippen molar-refractivity contribution in [2.24, 2.45) is 0 Å². The van der Waals surface area contributed by atoms with E-state index in [1.165, 1.54) is 0 Å². The van der Waals surface area contributed by atoms with Crippen LogP contribution in [0.25, 0.3) is 16.8 Å². The second-order valence-electron chi connectivity index (χ2n) is 6.62. The van der Waals surface area contributed by atoms with Gasteiger partial charge in [-0.05, 0) is 61.6 Å². The predicted molar refractivity (Wildman–Crippen MR) is 107 cm³/mol. The van der Waals surface area contributed by atoms with Crippen molar-refractivity contribution in [1.29, 1.82) is 0 Å². The van der Waals surface area contributed by atoms with Crippen molar-refractivity contribution in [3.8, 4) is 17.0 Å². The van der Waals surface area contributed by atoms with Gasteiger partial charge in [0.05, 0.1) is 17.6 Å². The number of aromatic nitrogens is 2. The number of rotatable bonds is 6. The van der Waals surface area contributed by atoms with Crippen LogP contribution in [0.15, 0.2) is 30.3 Å². The summed E-state index contributed by atoms with van der Waals surface area (Å²) >= 11 is 6.39. The SMILES string of the molecule is CCC(CC)c1cc(C)n2nc(-c3ccc(OC)cc3Cl)c(C(=O)O)c2c1. The van der Waals surface area contributed by atoms with Crippen LogP contribution in [-0.4, -0.2) is 27.8 Å². The topological polar surface area (TPSA) is 63.8 Å². The molecule has 3 rings (SSSR count). The molecule has 0 radical (unpaired) electrons. The molecule has 3 aromatic rings. The number of methoxy groups -OCH3 is 1. The number of pyridine rings is 1. The quantitative estimate of drug-likeness (QED) is 0.601. The minimum atomic E-state index is -1.02. The number of carbonyl (C=O) groups is 1. The molecule has 1 aromatic carbocycles. The lowest BCUT2D eigenvalue weighted by molar-refractivity contribution is 0.0700. The lowest BCUT2D eigenvalue weighted by Gasteiger charge is -2.14. The summed E-state index contributed by atoms with van der Waals surface area (Å²) < 4.78 is 6.87. The van der Waals surface area contributed by atoms with Crippen LogP contribution in [0.3, 0.4) is 0 Å². The highest BCUT2D eigenvalue weighted by Crippen LogP contribution is 2.35. The average molecular weight is 387 g/mol. The molecule has 2 heterocycles. The van der Waals surface area contributed by atoms with Gasteiger partial charge >= 0.3 is 5.97 Å². The molecule has 5 nitrogen and oxygen atoms in total. The zero-order chi connectivity index (χ0) is 19.7. The minimum Gasteiger partial charge on any atom is -0.497 e. The van der Waals surface area contributed by atoms with E-state index in [-0.39, 0.29) is 5.56 Å². The van der Waals surface area contributed by atoms with Crippen LogP contribution < -0.4 is 4.74 Å². The van der Waals surface area contributed by atoms with Gasteiger partial charge in [0.2, 0.25) is 0 Å². The highest BCUT2D eigenvalue weighted by Gasteiger charge is 2.24. The Labute approximate surface area is 163 Å². The van der Waals surface area contributed by atoms with Crippen molar-refractivity contribution in [3.63, 3.8) is 0 Å². The van der Waals surface area contributed by atoms with Gasteiger partial charge in [0, 0.05) is 11.3 Å². The number of carboxylic acid groups (broad SMARTS) is 1. The maximum atomic E-state index is 12.1. The summed E-state index contributed by atoms with van der Waals surface area (Å²) in [4.78, 5) is 12.1. The molecule has 0 saturated heterocycles. The first-order valence-electron chi connectivity index (χ1n) is 9.01. The summed E-state index contributed by atoms with van der Waals surface area (Å²) in [6.07, 6.45) is 2.00. The van der Waals surface area contributed by atoms with Crippen molar-refractivity contribution in [2.75, 3.05) is 7.11 Å². The van der Waals surface area contributed by atoms with Gasteiger partial charge in [0.25, 0.3) is 0 Å². The Morgan fingerprint density at radius 1 is 1.26 bits per heavy atom. The number of aryl methyl sites for hydroxylation is 1. The molecule has 27 heavy (non-hydrogen) atoms. The first kappa shape index (κ1) is 19.2. The number of hydrogen-bond donors (Lipinski definition) is 1. The molecule has 0 aliphatic rings. The molecule has 0 fully saturated rings. The van der Waals surface area contributed by atoms with E-state index in [9.17, 15) is 9.90 Å². The second kappa shape index (κ2) is 7.61. The maximum absolute atomic E-state index is 12.1. The second-order valence-corrected chi connectivity index (χ2v) is 7.02. The van der Waals surface area contributed by atoms with Crippen molar-refractivity contribution in [3.05, 3.63) is 52.2 Å². The van der Waals surface area contributed by atoms with Crippen LogP contribution >= 0.6 is 11.6 Å². The molecule has 0 bridgehead atoms. The number of benzene rings is 1. The summed E-state index contributed by atoms with van der Waals surface area (Å²) in [6.45, 7) is 6.23. The molecule has 1 N–H and O–H groups in total. The lowest BCUT2D eigenvalue weighted by atomic mass is 9.93. The van der Waals surface area contributed by atoms with E-state index < -0.39 is 5.97 Å². The molecule has 0 amide bonds. The lowest BCUT2D eigenvalue weighted by Crippen LogP contribution is -2.02. The normalized spacial score (nSPS) is 11.3. The molecule has 0 aliphatic heterocycles. The van der Waals surface area contributed by atoms with E-state index in [1.807, 2.05) is 13.0 Å². The van der Waals surface area contributed by atoms with Crippen molar-refractivity contribution in [2.45, 2.75) is 39.5 Å². The molecule has 6 heteroatoms. The highest BCUT2D eigenvalue weighted by molar-refractivity contribution is 6.33.